The van der Waals surface area contributed by atoms with Crippen LogP contribution in [0.15, 0.2) is 42.9 Å². The van der Waals surface area contributed by atoms with Crippen LogP contribution in [0.4, 0.5) is 0 Å². The normalized spacial score (nSPS) is 20.0. The molecule has 1 saturated heterocycles. The highest BCUT2D eigenvalue weighted by molar-refractivity contribution is 5.82. The van der Waals surface area contributed by atoms with Gasteiger partial charge in [0.05, 0.1) is 11.9 Å². The summed E-state index contributed by atoms with van der Waals surface area (Å²) in [5, 5.41) is 5.09. The zero-order valence-electron chi connectivity index (χ0n) is 15.6. The number of carbonyl (C=O) groups excluding carboxylic acids is 1. The van der Waals surface area contributed by atoms with Gasteiger partial charge in [0.25, 0.3) is 5.91 Å². The highest BCUT2D eigenvalue weighted by Crippen LogP contribution is 2.24. The number of hydrogen-bond donors (Lipinski definition) is 0. The van der Waals surface area contributed by atoms with Crippen molar-refractivity contribution < 1.29 is 9.53 Å². The maximum Gasteiger partial charge on any atom is 0.260 e. The number of amides is 1. The van der Waals surface area contributed by atoms with Crippen LogP contribution < -0.4 is 4.74 Å². The van der Waals surface area contributed by atoms with Crippen molar-refractivity contribution in [3.05, 3.63) is 42.9 Å². The first kappa shape index (κ1) is 17.5. The average molecular weight is 365 g/mol. The van der Waals surface area contributed by atoms with Gasteiger partial charge in [0.2, 0.25) is 5.88 Å². The van der Waals surface area contributed by atoms with Crippen LogP contribution in [-0.2, 0) is 4.79 Å². The fraction of sp³-hybridized carbons (Fsp3) is 0.400. The number of aromatic nitrogens is 4. The Morgan fingerprint density at radius 2 is 1.89 bits per heavy atom. The highest BCUT2D eigenvalue weighted by atomic mass is 16.5. The molecule has 27 heavy (non-hydrogen) atoms. The molecule has 7 heteroatoms. The minimum Gasteiger partial charge on any atom is -0.467 e. The van der Waals surface area contributed by atoms with Gasteiger partial charge in [-0.3, -0.25) is 4.79 Å². The van der Waals surface area contributed by atoms with E-state index in [1.165, 1.54) is 6.33 Å². The first-order valence-corrected chi connectivity index (χ1v) is 9.26. The zero-order chi connectivity index (χ0) is 18.8. The second kappa shape index (κ2) is 7.34. The van der Waals surface area contributed by atoms with Crippen molar-refractivity contribution >= 4 is 16.9 Å². The van der Waals surface area contributed by atoms with Crippen molar-refractivity contribution in [1.29, 1.82) is 0 Å². The summed E-state index contributed by atoms with van der Waals surface area (Å²) in [7, 11) is 0. The molecule has 1 fully saturated rings. The second-order valence-electron chi connectivity index (χ2n) is 7.34. The van der Waals surface area contributed by atoms with E-state index in [1.807, 2.05) is 35.2 Å². The van der Waals surface area contributed by atoms with Gasteiger partial charge in [-0.05, 0) is 30.4 Å². The van der Waals surface area contributed by atoms with Crippen molar-refractivity contribution in [2.75, 3.05) is 19.7 Å². The molecular formula is C20H23N5O2. The fourth-order valence-electron chi connectivity index (χ4n) is 3.78. The van der Waals surface area contributed by atoms with Gasteiger partial charge < -0.3 is 9.64 Å². The molecule has 0 bridgehead atoms. The van der Waals surface area contributed by atoms with Gasteiger partial charge in [0, 0.05) is 13.1 Å². The molecule has 0 aliphatic carbocycles. The molecule has 4 rings (SSSR count). The molecule has 1 aromatic carbocycles. The van der Waals surface area contributed by atoms with E-state index in [0.717, 1.165) is 25.2 Å². The summed E-state index contributed by atoms with van der Waals surface area (Å²) in [5.41, 5.74) is 1.56. The summed E-state index contributed by atoms with van der Waals surface area (Å²) in [6.07, 6.45) is 4.28. The van der Waals surface area contributed by atoms with E-state index in [2.05, 4.69) is 28.9 Å². The smallest absolute Gasteiger partial charge is 0.260 e. The van der Waals surface area contributed by atoms with Crippen molar-refractivity contribution in [3.8, 4) is 11.6 Å². The first-order chi connectivity index (χ1) is 13.1. The Balaban J connectivity index is 1.51. The van der Waals surface area contributed by atoms with Crippen LogP contribution in [0.25, 0.3) is 16.7 Å². The van der Waals surface area contributed by atoms with Crippen molar-refractivity contribution in [2.45, 2.75) is 20.3 Å². The zero-order valence-corrected chi connectivity index (χ0v) is 15.6. The lowest BCUT2D eigenvalue weighted by Gasteiger charge is -2.34. The van der Waals surface area contributed by atoms with Crippen LogP contribution in [0.5, 0.6) is 5.88 Å². The molecule has 1 aliphatic rings. The Labute approximate surface area is 158 Å². The molecule has 1 amide bonds. The molecule has 1 aliphatic heterocycles. The van der Waals surface area contributed by atoms with E-state index >= 15 is 0 Å². The number of ether oxygens (including phenoxy) is 1. The Morgan fingerprint density at radius 3 is 2.63 bits per heavy atom. The molecule has 0 spiro atoms. The number of benzene rings is 1. The third-order valence-electron chi connectivity index (χ3n) is 4.88. The van der Waals surface area contributed by atoms with Gasteiger partial charge in [-0.15, -0.1) is 0 Å². The van der Waals surface area contributed by atoms with E-state index in [9.17, 15) is 4.79 Å². The van der Waals surface area contributed by atoms with Gasteiger partial charge in [-0.25, -0.2) is 14.6 Å². The monoisotopic (exact) mass is 365 g/mol. The largest absolute Gasteiger partial charge is 0.467 e. The number of rotatable bonds is 4. The van der Waals surface area contributed by atoms with Crippen LogP contribution in [-0.4, -0.2) is 50.3 Å². The van der Waals surface area contributed by atoms with E-state index < -0.39 is 0 Å². The van der Waals surface area contributed by atoms with Crippen molar-refractivity contribution in [1.82, 2.24) is 24.6 Å². The summed E-state index contributed by atoms with van der Waals surface area (Å²) in [4.78, 5) is 23.0. The van der Waals surface area contributed by atoms with Crippen LogP contribution in [0.2, 0.25) is 0 Å². The van der Waals surface area contributed by atoms with Crippen LogP contribution in [0.1, 0.15) is 20.3 Å². The van der Waals surface area contributed by atoms with Crippen LogP contribution >= 0.6 is 0 Å². The number of fused-ring (bicyclic) bond motifs is 1. The second-order valence-corrected chi connectivity index (χ2v) is 7.34. The average Bonchev–Trinajstić information content (AvgIpc) is 3.10. The Kier molecular flexibility index (Phi) is 4.75. The third kappa shape index (κ3) is 3.63. The molecule has 2 aromatic heterocycles. The highest BCUT2D eigenvalue weighted by Gasteiger charge is 2.26. The van der Waals surface area contributed by atoms with Gasteiger partial charge in [-0.2, -0.15) is 5.10 Å². The standard InChI is InChI=1S/C20H23N5O2/c1-14-8-15(2)11-24(10-14)18(26)12-27-20-17-9-23-25(19(17)21-13-22-20)16-6-4-3-5-7-16/h3-7,9,13-15H,8,10-12H2,1-2H3/t14-,15+. The Bertz CT molecular complexity index is 930. The van der Waals surface area contributed by atoms with Gasteiger partial charge >= 0.3 is 0 Å². The maximum atomic E-state index is 12.6. The van der Waals surface area contributed by atoms with E-state index in [4.69, 9.17) is 4.74 Å². The molecule has 3 heterocycles. The number of nitrogens with zero attached hydrogens (tertiary/aromatic N) is 5. The number of likely N-dealkylation sites (tertiary alicyclic amines) is 1. The van der Waals surface area contributed by atoms with E-state index in [-0.39, 0.29) is 12.5 Å². The number of hydrogen-bond acceptors (Lipinski definition) is 5. The summed E-state index contributed by atoms with van der Waals surface area (Å²) in [6, 6.07) is 9.75. The summed E-state index contributed by atoms with van der Waals surface area (Å²) >= 11 is 0. The van der Waals surface area contributed by atoms with Gasteiger partial charge in [0.15, 0.2) is 12.3 Å². The van der Waals surface area contributed by atoms with E-state index in [0.29, 0.717) is 28.7 Å². The summed E-state index contributed by atoms with van der Waals surface area (Å²) < 4.78 is 7.49. The Hall–Kier alpha value is -2.96. The van der Waals surface area contributed by atoms with Crippen molar-refractivity contribution in [2.24, 2.45) is 11.8 Å². The Morgan fingerprint density at radius 1 is 1.15 bits per heavy atom. The molecular weight excluding hydrogens is 342 g/mol. The quantitative estimate of drug-likeness (QED) is 0.711. The molecule has 0 radical (unpaired) electrons. The molecule has 140 valence electrons. The number of piperidine rings is 1. The molecule has 7 nitrogen and oxygen atoms in total. The van der Waals surface area contributed by atoms with Gasteiger partial charge in [-0.1, -0.05) is 32.0 Å². The SMILES string of the molecule is C[C@@H]1C[C@H](C)CN(C(=O)COc2ncnc3c2cnn3-c2ccccc2)C1. The minimum absolute atomic E-state index is 0.00406. The predicted octanol–water partition coefficient (Wildman–Crippen LogP) is 2.70. The first-order valence-electron chi connectivity index (χ1n) is 9.26. The third-order valence-corrected chi connectivity index (χ3v) is 4.88. The molecule has 3 aromatic rings. The number of para-hydroxylation sites is 1. The van der Waals surface area contributed by atoms with E-state index in [1.54, 1.807) is 10.9 Å². The van der Waals surface area contributed by atoms with Crippen LogP contribution in [0.3, 0.4) is 0 Å². The topological polar surface area (TPSA) is 73.1 Å². The molecule has 0 N–H and O–H groups in total. The molecule has 0 saturated carbocycles. The van der Waals surface area contributed by atoms with Crippen LogP contribution in [0, 0.1) is 11.8 Å². The summed E-state index contributed by atoms with van der Waals surface area (Å²) in [5.74, 6) is 1.42. The summed E-state index contributed by atoms with van der Waals surface area (Å²) in [6.45, 7) is 5.92. The van der Waals surface area contributed by atoms with Crippen molar-refractivity contribution in [3.63, 3.8) is 0 Å². The predicted molar refractivity (Wildman–Crippen MR) is 102 cm³/mol. The minimum atomic E-state index is -0.0257. The molecule has 0 unspecified atom stereocenters. The maximum absolute atomic E-state index is 12.6. The lowest BCUT2D eigenvalue weighted by atomic mass is 9.92. The fourth-order valence-corrected chi connectivity index (χ4v) is 3.78. The number of carbonyl (C=O) groups is 1. The lowest BCUT2D eigenvalue weighted by molar-refractivity contribution is -0.136. The molecule has 2 atom stereocenters. The van der Waals surface area contributed by atoms with Gasteiger partial charge in [0.1, 0.15) is 11.7 Å². The lowest BCUT2D eigenvalue weighted by Crippen LogP contribution is -2.44.